The van der Waals surface area contributed by atoms with E-state index in [0.29, 0.717) is 17.8 Å². The highest BCUT2D eigenvalue weighted by molar-refractivity contribution is 8.00. The molecule has 8 heteroatoms. The lowest BCUT2D eigenvalue weighted by Gasteiger charge is -2.35. The molecule has 0 aromatic heterocycles. The Labute approximate surface area is 221 Å². The molecule has 1 heterocycles. The number of ether oxygens (including phenoxy) is 1. The molecule has 3 aromatic carbocycles. The number of methoxy groups -OCH3 is 1. The van der Waals surface area contributed by atoms with Crippen LogP contribution in [0.1, 0.15) is 41.2 Å². The minimum absolute atomic E-state index is 0.0662. The first kappa shape index (κ1) is 26.7. The summed E-state index contributed by atoms with van der Waals surface area (Å²) < 4.78 is 18.4. The summed E-state index contributed by atoms with van der Waals surface area (Å²) in [6, 6.07) is 21.0. The van der Waals surface area contributed by atoms with E-state index in [9.17, 15) is 14.0 Å². The molecule has 0 bridgehead atoms. The van der Waals surface area contributed by atoms with Crippen LogP contribution in [0.25, 0.3) is 0 Å². The summed E-state index contributed by atoms with van der Waals surface area (Å²) in [6.07, 6.45) is 3.54. The van der Waals surface area contributed by atoms with Gasteiger partial charge in [-0.1, -0.05) is 30.7 Å². The van der Waals surface area contributed by atoms with Crippen molar-refractivity contribution in [2.45, 2.75) is 30.2 Å². The van der Waals surface area contributed by atoms with E-state index in [0.717, 1.165) is 42.1 Å². The summed E-state index contributed by atoms with van der Waals surface area (Å²) in [4.78, 5) is 28.8. The molecule has 0 radical (unpaired) electrons. The topological polar surface area (TPSA) is 70.7 Å². The summed E-state index contributed by atoms with van der Waals surface area (Å²) in [5.74, 6) is 0.180. The molecular formula is C29H32FN3O3S. The first-order chi connectivity index (χ1) is 18.0. The van der Waals surface area contributed by atoms with Gasteiger partial charge < -0.3 is 15.4 Å². The summed E-state index contributed by atoms with van der Waals surface area (Å²) >= 11 is 1.30. The van der Waals surface area contributed by atoms with Gasteiger partial charge in [0.05, 0.1) is 24.5 Å². The van der Waals surface area contributed by atoms with Crippen molar-refractivity contribution in [3.05, 3.63) is 89.7 Å². The van der Waals surface area contributed by atoms with Gasteiger partial charge in [0.1, 0.15) is 11.6 Å². The molecule has 2 amide bonds. The van der Waals surface area contributed by atoms with E-state index in [-0.39, 0.29) is 29.4 Å². The molecule has 37 heavy (non-hydrogen) atoms. The average Bonchev–Trinajstić information content (AvgIpc) is 2.94. The lowest BCUT2D eigenvalue weighted by atomic mass is 10.0. The van der Waals surface area contributed by atoms with E-state index in [2.05, 4.69) is 27.7 Å². The molecule has 2 N–H and O–H groups in total. The molecule has 1 aliphatic heterocycles. The van der Waals surface area contributed by atoms with E-state index in [4.69, 9.17) is 4.74 Å². The van der Waals surface area contributed by atoms with Gasteiger partial charge in [-0.15, -0.1) is 11.8 Å². The second-order valence-corrected chi connectivity index (χ2v) is 9.95. The Hall–Kier alpha value is -3.36. The van der Waals surface area contributed by atoms with Gasteiger partial charge in [-0.25, -0.2) is 4.39 Å². The van der Waals surface area contributed by atoms with Crippen molar-refractivity contribution >= 4 is 29.3 Å². The number of hydrogen-bond acceptors (Lipinski definition) is 5. The van der Waals surface area contributed by atoms with Gasteiger partial charge in [-0.3, -0.25) is 14.5 Å². The SMILES string of the molecule is COc1ccc([C@H](CNC(=O)c2ccccc2SCC(=O)Nc2ccc(F)cc2)N2CCCCC2)cc1. The van der Waals surface area contributed by atoms with E-state index < -0.39 is 0 Å². The first-order valence-electron chi connectivity index (χ1n) is 12.5. The minimum Gasteiger partial charge on any atom is -0.497 e. The van der Waals surface area contributed by atoms with Crippen LogP contribution in [-0.2, 0) is 4.79 Å². The Morgan fingerprint density at radius 2 is 1.68 bits per heavy atom. The number of halogens is 1. The molecule has 0 aliphatic carbocycles. The first-order valence-corrected chi connectivity index (χ1v) is 13.5. The number of carbonyl (C=O) groups is 2. The van der Waals surface area contributed by atoms with E-state index in [1.165, 1.54) is 42.4 Å². The largest absolute Gasteiger partial charge is 0.497 e. The second-order valence-electron chi connectivity index (χ2n) is 8.94. The third-order valence-corrected chi connectivity index (χ3v) is 7.48. The number of likely N-dealkylation sites (tertiary alicyclic amines) is 1. The zero-order valence-electron chi connectivity index (χ0n) is 20.9. The van der Waals surface area contributed by atoms with Gasteiger partial charge in [-0.2, -0.15) is 0 Å². The number of benzene rings is 3. The van der Waals surface area contributed by atoms with Crippen molar-refractivity contribution in [3.63, 3.8) is 0 Å². The van der Waals surface area contributed by atoms with Crippen molar-refractivity contribution in [1.29, 1.82) is 0 Å². The fraction of sp³-hybridized carbons (Fsp3) is 0.310. The summed E-state index contributed by atoms with van der Waals surface area (Å²) in [5, 5.41) is 5.88. The van der Waals surface area contributed by atoms with Gasteiger partial charge in [-0.05, 0) is 80.0 Å². The lowest BCUT2D eigenvalue weighted by Crippen LogP contribution is -2.40. The third kappa shape index (κ3) is 7.57. The normalized spacial score (nSPS) is 14.5. The molecule has 0 spiro atoms. The van der Waals surface area contributed by atoms with Crippen molar-refractivity contribution in [2.75, 3.05) is 37.8 Å². The fourth-order valence-electron chi connectivity index (χ4n) is 4.45. The van der Waals surface area contributed by atoms with Gasteiger partial charge in [0, 0.05) is 17.1 Å². The Balaban J connectivity index is 1.40. The van der Waals surface area contributed by atoms with Crippen molar-refractivity contribution < 1.29 is 18.7 Å². The van der Waals surface area contributed by atoms with Gasteiger partial charge in [0.25, 0.3) is 5.91 Å². The molecule has 1 aliphatic rings. The number of piperidine rings is 1. The highest BCUT2D eigenvalue weighted by atomic mass is 32.2. The molecule has 0 unspecified atom stereocenters. The average molecular weight is 522 g/mol. The molecular weight excluding hydrogens is 489 g/mol. The van der Waals surface area contributed by atoms with E-state index in [1.807, 2.05) is 30.3 Å². The van der Waals surface area contributed by atoms with Crippen LogP contribution in [0.15, 0.2) is 77.7 Å². The molecule has 1 saturated heterocycles. The smallest absolute Gasteiger partial charge is 0.252 e. The van der Waals surface area contributed by atoms with Gasteiger partial charge in [0.2, 0.25) is 5.91 Å². The van der Waals surface area contributed by atoms with Crippen LogP contribution in [-0.4, -0.2) is 49.2 Å². The highest BCUT2D eigenvalue weighted by Gasteiger charge is 2.24. The molecule has 1 atom stereocenters. The number of thioether (sulfide) groups is 1. The summed E-state index contributed by atoms with van der Waals surface area (Å²) in [5.41, 5.74) is 2.21. The number of rotatable bonds is 10. The highest BCUT2D eigenvalue weighted by Crippen LogP contribution is 2.27. The van der Waals surface area contributed by atoms with Crippen LogP contribution < -0.4 is 15.4 Å². The predicted molar refractivity (Wildman–Crippen MR) is 146 cm³/mol. The Kier molecular flexibility index (Phi) is 9.57. The van der Waals surface area contributed by atoms with Crippen LogP contribution >= 0.6 is 11.8 Å². The maximum atomic E-state index is 13.3. The second kappa shape index (κ2) is 13.3. The number of carbonyl (C=O) groups excluding carboxylic acids is 2. The maximum absolute atomic E-state index is 13.3. The summed E-state index contributed by atoms with van der Waals surface area (Å²) in [6.45, 7) is 2.49. The van der Waals surface area contributed by atoms with Crippen LogP contribution in [0.2, 0.25) is 0 Å². The van der Waals surface area contributed by atoms with Crippen molar-refractivity contribution in [3.8, 4) is 5.75 Å². The number of hydrogen-bond donors (Lipinski definition) is 2. The van der Waals surface area contributed by atoms with Crippen molar-refractivity contribution in [2.24, 2.45) is 0 Å². The zero-order chi connectivity index (χ0) is 26.0. The van der Waals surface area contributed by atoms with Crippen LogP contribution in [0.4, 0.5) is 10.1 Å². The van der Waals surface area contributed by atoms with Crippen LogP contribution in [0.3, 0.4) is 0 Å². The Bertz CT molecular complexity index is 1180. The minimum atomic E-state index is -0.359. The molecule has 6 nitrogen and oxygen atoms in total. The van der Waals surface area contributed by atoms with Crippen molar-refractivity contribution in [1.82, 2.24) is 10.2 Å². The number of nitrogens with zero attached hydrogens (tertiary/aromatic N) is 1. The predicted octanol–water partition coefficient (Wildman–Crippen LogP) is 5.52. The molecule has 0 saturated carbocycles. The van der Waals surface area contributed by atoms with Crippen LogP contribution in [0.5, 0.6) is 5.75 Å². The summed E-state index contributed by atoms with van der Waals surface area (Å²) in [7, 11) is 1.65. The lowest BCUT2D eigenvalue weighted by molar-refractivity contribution is -0.113. The molecule has 4 rings (SSSR count). The fourth-order valence-corrected chi connectivity index (χ4v) is 5.30. The number of amides is 2. The van der Waals surface area contributed by atoms with Gasteiger partial charge >= 0.3 is 0 Å². The maximum Gasteiger partial charge on any atom is 0.252 e. The Morgan fingerprint density at radius 1 is 0.973 bits per heavy atom. The van der Waals surface area contributed by atoms with E-state index >= 15 is 0 Å². The van der Waals surface area contributed by atoms with Gasteiger partial charge in [0.15, 0.2) is 0 Å². The van der Waals surface area contributed by atoms with Crippen LogP contribution in [0, 0.1) is 5.82 Å². The molecule has 1 fully saturated rings. The number of anilines is 1. The third-order valence-electron chi connectivity index (χ3n) is 6.41. The quantitative estimate of drug-likeness (QED) is 0.344. The molecule has 3 aromatic rings. The Morgan fingerprint density at radius 3 is 2.38 bits per heavy atom. The number of nitrogens with one attached hydrogen (secondary N) is 2. The monoisotopic (exact) mass is 521 g/mol. The standard InChI is InChI=1S/C29H32FN3O3S/c1-36-24-15-9-21(10-16-24)26(33-17-5-2-6-18-33)19-31-29(35)25-7-3-4-8-27(25)37-20-28(34)32-23-13-11-22(30)12-14-23/h3-4,7-16,26H,2,5-6,17-20H2,1H3,(H,31,35)(H,32,34)/t26-/m0/s1. The zero-order valence-corrected chi connectivity index (χ0v) is 21.7. The van der Waals surface area contributed by atoms with E-state index in [1.54, 1.807) is 13.2 Å². The molecule has 194 valence electrons.